The second-order valence-electron chi connectivity index (χ2n) is 13.5. The number of nitrogens with zero attached hydrogens (tertiary/aromatic N) is 2. The SMILES string of the molecule is CC1CC(C)(C)NC(CCOP(=O)(OC[C@H]2O[C@@H](n3cc(F)c(=O)[nH]c3=O)C[C@@H]2O[Si](C)(C)C(C)(C)C)N(C)CCBr)O1. The predicted molar refractivity (Wildman–Crippen MR) is 169 cm³/mol. The average molecular weight is 716 g/mol. The van der Waals surface area contributed by atoms with Crippen LogP contribution in [0.2, 0.25) is 18.1 Å². The van der Waals surface area contributed by atoms with Crippen LogP contribution in [0.3, 0.4) is 0 Å². The maximum Gasteiger partial charge on any atom is 0.408 e. The molecule has 6 atom stereocenters. The molecule has 0 spiro atoms. The Morgan fingerprint density at radius 3 is 2.53 bits per heavy atom. The third-order valence-electron chi connectivity index (χ3n) is 8.28. The first kappa shape index (κ1) is 36.7. The Morgan fingerprint density at radius 2 is 1.93 bits per heavy atom. The molecular weight excluding hydrogens is 666 g/mol. The van der Waals surface area contributed by atoms with Gasteiger partial charge >= 0.3 is 13.4 Å². The summed E-state index contributed by atoms with van der Waals surface area (Å²) in [5.41, 5.74) is -2.00. The van der Waals surface area contributed by atoms with E-state index in [0.717, 1.165) is 17.2 Å². The van der Waals surface area contributed by atoms with Crippen molar-refractivity contribution in [3.05, 3.63) is 32.9 Å². The Balaban J connectivity index is 1.79. The molecule has 2 N–H and O–H groups in total. The fraction of sp³-hybridized carbons (Fsp3) is 0.852. The van der Waals surface area contributed by atoms with Crippen LogP contribution in [-0.4, -0.2) is 84.8 Å². The summed E-state index contributed by atoms with van der Waals surface area (Å²) in [4.78, 5) is 26.1. The average Bonchev–Trinajstić information content (AvgIpc) is 3.24. The normalized spacial score (nSPS) is 27.9. The summed E-state index contributed by atoms with van der Waals surface area (Å²) in [6.07, 6.45) is -0.0389. The largest absolute Gasteiger partial charge is 0.411 e. The number of rotatable bonds is 13. The van der Waals surface area contributed by atoms with Gasteiger partial charge in [0.25, 0.3) is 5.56 Å². The zero-order valence-corrected chi connectivity index (χ0v) is 30.3. The van der Waals surface area contributed by atoms with Crippen LogP contribution in [0.5, 0.6) is 0 Å². The molecule has 12 nitrogen and oxygen atoms in total. The van der Waals surface area contributed by atoms with E-state index in [-0.39, 0.29) is 42.5 Å². The Hall–Kier alpha value is -0.743. The monoisotopic (exact) mass is 714 g/mol. The fourth-order valence-corrected chi connectivity index (χ4v) is 8.66. The zero-order valence-electron chi connectivity index (χ0n) is 26.8. The van der Waals surface area contributed by atoms with E-state index in [1.54, 1.807) is 7.05 Å². The number of aromatic nitrogens is 2. The van der Waals surface area contributed by atoms with E-state index in [1.165, 1.54) is 4.67 Å². The van der Waals surface area contributed by atoms with Crippen LogP contribution in [0.1, 0.15) is 67.0 Å². The minimum atomic E-state index is -3.80. The van der Waals surface area contributed by atoms with Gasteiger partial charge in [-0.2, -0.15) is 4.39 Å². The lowest BCUT2D eigenvalue weighted by Crippen LogP contribution is -2.55. The molecule has 0 bridgehead atoms. The van der Waals surface area contributed by atoms with E-state index in [2.05, 4.69) is 69.0 Å². The summed E-state index contributed by atoms with van der Waals surface area (Å²) in [7, 11) is -4.48. The van der Waals surface area contributed by atoms with Crippen LogP contribution < -0.4 is 16.6 Å². The zero-order chi connectivity index (χ0) is 32.4. The molecule has 3 unspecified atom stereocenters. The van der Waals surface area contributed by atoms with Crippen LogP contribution in [0.4, 0.5) is 4.39 Å². The molecule has 16 heteroatoms. The molecule has 2 fully saturated rings. The van der Waals surface area contributed by atoms with E-state index in [9.17, 15) is 18.5 Å². The van der Waals surface area contributed by atoms with Gasteiger partial charge in [-0.15, -0.1) is 0 Å². The molecule has 3 rings (SSSR count). The molecular formula is C27H49BrFN4O8PSi. The summed E-state index contributed by atoms with van der Waals surface area (Å²) >= 11 is 3.39. The molecule has 3 heterocycles. The van der Waals surface area contributed by atoms with Gasteiger partial charge < -0.3 is 13.9 Å². The van der Waals surface area contributed by atoms with E-state index in [0.29, 0.717) is 18.3 Å². The van der Waals surface area contributed by atoms with Crippen molar-refractivity contribution in [3.8, 4) is 0 Å². The number of hydrogen-bond acceptors (Lipinski definition) is 9. The summed E-state index contributed by atoms with van der Waals surface area (Å²) in [5, 5.41) is 3.86. The molecule has 0 aromatic carbocycles. The highest BCUT2D eigenvalue weighted by Gasteiger charge is 2.46. The second-order valence-corrected chi connectivity index (χ2v) is 21.2. The number of H-pyrrole nitrogens is 1. The van der Waals surface area contributed by atoms with Gasteiger partial charge in [0.05, 0.1) is 31.6 Å². The molecule has 0 saturated carbocycles. The first-order valence-electron chi connectivity index (χ1n) is 14.7. The van der Waals surface area contributed by atoms with E-state index in [1.807, 2.05) is 11.9 Å². The molecule has 0 radical (unpaired) electrons. The van der Waals surface area contributed by atoms with Crippen molar-refractivity contribution < 1.29 is 31.9 Å². The van der Waals surface area contributed by atoms with Crippen LogP contribution in [0.15, 0.2) is 15.8 Å². The van der Waals surface area contributed by atoms with Crippen LogP contribution in [0, 0.1) is 5.82 Å². The quantitative estimate of drug-likeness (QED) is 0.168. The number of aromatic amines is 1. The maximum absolute atomic E-state index is 14.1. The Morgan fingerprint density at radius 1 is 1.26 bits per heavy atom. The number of nitrogens with one attached hydrogen (secondary N) is 2. The van der Waals surface area contributed by atoms with Crippen molar-refractivity contribution >= 4 is 32.0 Å². The standard InChI is InChI=1S/C27H49BrFN4O8PSi/c1-18-15-27(5,6)31-22(39-18)10-13-37-42(36,32(7)12-11-28)38-17-21-20(41-43(8,9)26(2,3)4)14-23(40-21)33-16-19(29)24(34)30-25(33)35/h16,18,20-23,31H,10-15,17H2,1-9H3,(H,30,34,35)/t18?,20-,21+,22?,23+,42?/m0/s1. The molecule has 2 saturated heterocycles. The van der Waals surface area contributed by atoms with E-state index >= 15 is 0 Å². The first-order valence-corrected chi connectivity index (χ1v) is 20.2. The van der Waals surface area contributed by atoms with Crippen LogP contribution >= 0.6 is 23.7 Å². The van der Waals surface area contributed by atoms with Crippen molar-refractivity contribution in [2.24, 2.45) is 0 Å². The number of ether oxygens (including phenoxy) is 2. The van der Waals surface area contributed by atoms with Gasteiger partial charge in [-0.05, 0) is 52.4 Å². The highest BCUT2D eigenvalue weighted by Crippen LogP contribution is 2.52. The fourth-order valence-electron chi connectivity index (χ4n) is 5.01. The Labute approximate surface area is 263 Å². The molecule has 1 aromatic heterocycles. The van der Waals surface area contributed by atoms with Gasteiger partial charge in [-0.1, -0.05) is 36.7 Å². The van der Waals surface area contributed by atoms with E-state index in [4.69, 9.17) is 22.9 Å². The third kappa shape index (κ3) is 9.63. The van der Waals surface area contributed by atoms with Gasteiger partial charge in [0, 0.05) is 30.3 Å². The van der Waals surface area contributed by atoms with Gasteiger partial charge in [-0.25, -0.2) is 14.0 Å². The van der Waals surface area contributed by atoms with Crippen LogP contribution in [-0.2, 0) is 27.5 Å². The lowest BCUT2D eigenvalue weighted by molar-refractivity contribution is -0.0943. The van der Waals surface area contributed by atoms with Crippen molar-refractivity contribution in [3.63, 3.8) is 0 Å². The van der Waals surface area contributed by atoms with Crippen molar-refractivity contribution in [1.29, 1.82) is 0 Å². The summed E-state index contributed by atoms with van der Waals surface area (Å²) in [6, 6.07) is 0. The van der Waals surface area contributed by atoms with Crippen molar-refractivity contribution in [2.75, 3.05) is 32.1 Å². The van der Waals surface area contributed by atoms with Crippen LogP contribution in [0.25, 0.3) is 0 Å². The highest BCUT2D eigenvalue weighted by molar-refractivity contribution is 9.09. The molecule has 0 aliphatic carbocycles. The topological polar surface area (TPSA) is 133 Å². The third-order valence-corrected chi connectivity index (χ3v) is 15.2. The molecule has 1 aromatic rings. The smallest absolute Gasteiger partial charge is 0.408 e. The van der Waals surface area contributed by atoms with Gasteiger partial charge in [0.15, 0.2) is 8.32 Å². The first-order chi connectivity index (χ1) is 19.8. The van der Waals surface area contributed by atoms with Crippen molar-refractivity contribution in [1.82, 2.24) is 19.5 Å². The minimum absolute atomic E-state index is 0.0779. The Kier molecular flexibility index (Phi) is 12.3. The molecule has 2 aliphatic heterocycles. The van der Waals surface area contributed by atoms with Crippen molar-refractivity contribution in [2.45, 2.75) is 115 Å². The summed E-state index contributed by atoms with van der Waals surface area (Å²) in [6.45, 7) is 17.1. The molecule has 248 valence electrons. The molecule has 43 heavy (non-hydrogen) atoms. The molecule has 0 amide bonds. The van der Waals surface area contributed by atoms with E-state index < -0.39 is 51.6 Å². The minimum Gasteiger partial charge on any atom is -0.411 e. The highest BCUT2D eigenvalue weighted by atomic mass is 79.9. The number of hydrogen-bond donors (Lipinski definition) is 2. The van der Waals surface area contributed by atoms with Gasteiger partial charge in [-0.3, -0.25) is 28.7 Å². The summed E-state index contributed by atoms with van der Waals surface area (Å²) < 4.78 is 61.6. The van der Waals surface area contributed by atoms with Gasteiger partial charge in [0.1, 0.15) is 18.6 Å². The van der Waals surface area contributed by atoms with Gasteiger partial charge in [0.2, 0.25) is 5.82 Å². The lowest BCUT2D eigenvalue weighted by atomic mass is 9.95. The summed E-state index contributed by atoms with van der Waals surface area (Å²) in [5.74, 6) is -1.10. The predicted octanol–water partition coefficient (Wildman–Crippen LogP) is 4.71. The number of halogens is 2. The molecule has 2 aliphatic rings. The lowest BCUT2D eigenvalue weighted by Gasteiger charge is -2.41. The Bertz CT molecular complexity index is 1260. The maximum atomic E-state index is 14.1. The number of alkyl halides is 1. The second kappa shape index (κ2) is 14.4.